The normalized spacial score (nSPS) is 11.2. The standard InChI is InChI=1S/C26H22N2/c1-19-13-15-25-23(17-19)24-18-22(14-16-26(24)27(25)2)28(20-9-5-3-6-10-20)21-11-7-4-8-12-21/h3-18H,1-2H3. The molecule has 0 unspecified atom stereocenters. The van der Waals surface area contributed by atoms with Crippen molar-refractivity contribution in [2.24, 2.45) is 7.05 Å². The van der Waals surface area contributed by atoms with Crippen LogP contribution in [0.15, 0.2) is 97.1 Å². The molecule has 0 radical (unpaired) electrons. The molecular weight excluding hydrogens is 340 g/mol. The van der Waals surface area contributed by atoms with Gasteiger partial charge in [-0.2, -0.15) is 0 Å². The van der Waals surface area contributed by atoms with Crippen molar-refractivity contribution in [3.63, 3.8) is 0 Å². The Labute approximate surface area is 165 Å². The zero-order valence-corrected chi connectivity index (χ0v) is 16.1. The van der Waals surface area contributed by atoms with E-state index < -0.39 is 0 Å². The van der Waals surface area contributed by atoms with Crippen LogP contribution in [-0.2, 0) is 7.05 Å². The van der Waals surface area contributed by atoms with Gasteiger partial charge in [0.2, 0.25) is 0 Å². The summed E-state index contributed by atoms with van der Waals surface area (Å²) in [6.45, 7) is 2.16. The Morgan fingerprint density at radius 3 is 1.71 bits per heavy atom. The van der Waals surface area contributed by atoms with E-state index in [2.05, 4.69) is 121 Å². The average molecular weight is 362 g/mol. The summed E-state index contributed by atoms with van der Waals surface area (Å²) >= 11 is 0. The molecule has 1 heterocycles. The van der Waals surface area contributed by atoms with Gasteiger partial charge in [-0.05, 0) is 61.5 Å². The lowest BCUT2D eigenvalue weighted by atomic mass is 10.1. The van der Waals surface area contributed by atoms with Crippen molar-refractivity contribution in [2.45, 2.75) is 6.92 Å². The number of benzene rings is 4. The number of hydrogen-bond donors (Lipinski definition) is 0. The van der Waals surface area contributed by atoms with Gasteiger partial charge in [0.25, 0.3) is 0 Å². The number of nitrogens with zero attached hydrogens (tertiary/aromatic N) is 2. The van der Waals surface area contributed by atoms with E-state index in [4.69, 9.17) is 0 Å². The number of aromatic nitrogens is 1. The van der Waals surface area contributed by atoms with Gasteiger partial charge in [0.15, 0.2) is 0 Å². The number of para-hydroxylation sites is 2. The highest BCUT2D eigenvalue weighted by Gasteiger charge is 2.15. The fourth-order valence-corrected chi connectivity index (χ4v) is 4.06. The second-order valence-corrected chi connectivity index (χ2v) is 7.29. The lowest BCUT2D eigenvalue weighted by molar-refractivity contribution is 1.01. The van der Waals surface area contributed by atoms with Gasteiger partial charge >= 0.3 is 0 Å². The molecule has 4 aromatic carbocycles. The monoisotopic (exact) mass is 362 g/mol. The second kappa shape index (κ2) is 6.58. The quantitative estimate of drug-likeness (QED) is 0.332. The molecule has 0 bridgehead atoms. The predicted molar refractivity (Wildman–Crippen MR) is 120 cm³/mol. The Bertz CT molecular complexity index is 1230. The molecule has 5 rings (SSSR count). The van der Waals surface area contributed by atoms with Crippen LogP contribution in [0.25, 0.3) is 21.8 Å². The minimum Gasteiger partial charge on any atom is -0.344 e. The summed E-state index contributed by atoms with van der Waals surface area (Å²) in [6, 6.07) is 34.6. The summed E-state index contributed by atoms with van der Waals surface area (Å²) < 4.78 is 2.28. The van der Waals surface area contributed by atoms with Crippen molar-refractivity contribution in [3.05, 3.63) is 103 Å². The molecule has 5 aromatic rings. The summed E-state index contributed by atoms with van der Waals surface area (Å²) in [5, 5.41) is 2.59. The average Bonchev–Trinajstić information content (AvgIpc) is 3.01. The van der Waals surface area contributed by atoms with Crippen molar-refractivity contribution in [1.82, 2.24) is 4.57 Å². The highest BCUT2D eigenvalue weighted by molar-refractivity contribution is 6.09. The van der Waals surface area contributed by atoms with Crippen molar-refractivity contribution in [2.75, 3.05) is 4.90 Å². The molecule has 0 atom stereocenters. The van der Waals surface area contributed by atoms with Crippen LogP contribution < -0.4 is 4.90 Å². The van der Waals surface area contributed by atoms with Crippen LogP contribution in [0.2, 0.25) is 0 Å². The molecule has 0 saturated carbocycles. The third-order valence-corrected chi connectivity index (χ3v) is 5.43. The summed E-state index contributed by atoms with van der Waals surface area (Å²) in [7, 11) is 2.14. The van der Waals surface area contributed by atoms with E-state index in [1.165, 1.54) is 33.1 Å². The maximum Gasteiger partial charge on any atom is 0.0490 e. The van der Waals surface area contributed by atoms with Gasteiger partial charge in [-0.3, -0.25) is 0 Å². The minimum absolute atomic E-state index is 1.16. The zero-order valence-electron chi connectivity index (χ0n) is 16.1. The first-order valence-electron chi connectivity index (χ1n) is 9.61. The van der Waals surface area contributed by atoms with Gasteiger partial charge in [-0.25, -0.2) is 0 Å². The van der Waals surface area contributed by atoms with E-state index in [-0.39, 0.29) is 0 Å². The van der Waals surface area contributed by atoms with Crippen molar-refractivity contribution < 1.29 is 0 Å². The molecule has 136 valence electrons. The summed E-state index contributed by atoms with van der Waals surface area (Å²) in [5.74, 6) is 0. The summed E-state index contributed by atoms with van der Waals surface area (Å²) in [5.41, 5.74) is 7.29. The van der Waals surface area contributed by atoms with Crippen LogP contribution in [0.4, 0.5) is 17.1 Å². The Morgan fingerprint density at radius 2 is 1.11 bits per heavy atom. The van der Waals surface area contributed by atoms with Gasteiger partial charge in [-0.15, -0.1) is 0 Å². The maximum atomic E-state index is 2.32. The first-order chi connectivity index (χ1) is 13.7. The lowest BCUT2D eigenvalue weighted by Gasteiger charge is -2.25. The van der Waals surface area contributed by atoms with E-state index in [1.807, 2.05) is 0 Å². The molecule has 0 spiro atoms. The molecule has 0 saturated heterocycles. The van der Waals surface area contributed by atoms with Crippen LogP contribution in [0, 0.1) is 6.92 Å². The fourth-order valence-electron chi connectivity index (χ4n) is 4.06. The largest absolute Gasteiger partial charge is 0.344 e. The van der Waals surface area contributed by atoms with E-state index >= 15 is 0 Å². The SMILES string of the molecule is Cc1ccc2c(c1)c1cc(N(c3ccccc3)c3ccccc3)ccc1n2C. The lowest BCUT2D eigenvalue weighted by Crippen LogP contribution is -2.09. The predicted octanol–water partition coefficient (Wildman–Crippen LogP) is 7.11. The van der Waals surface area contributed by atoms with Gasteiger partial charge in [-0.1, -0.05) is 48.0 Å². The third-order valence-electron chi connectivity index (χ3n) is 5.43. The molecule has 28 heavy (non-hydrogen) atoms. The van der Waals surface area contributed by atoms with E-state index in [0.29, 0.717) is 0 Å². The highest BCUT2D eigenvalue weighted by atomic mass is 15.1. The Kier molecular flexibility index (Phi) is 3.91. The second-order valence-electron chi connectivity index (χ2n) is 7.29. The Morgan fingerprint density at radius 1 is 0.571 bits per heavy atom. The zero-order chi connectivity index (χ0) is 19.1. The first kappa shape index (κ1) is 16.6. The molecule has 0 aliphatic rings. The molecule has 2 nitrogen and oxygen atoms in total. The van der Waals surface area contributed by atoms with Crippen molar-refractivity contribution in [3.8, 4) is 0 Å². The van der Waals surface area contributed by atoms with Crippen LogP contribution >= 0.6 is 0 Å². The Balaban J connectivity index is 1.78. The molecule has 2 heteroatoms. The fraction of sp³-hybridized carbons (Fsp3) is 0.0769. The van der Waals surface area contributed by atoms with E-state index in [9.17, 15) is 0 Å². The van der Waals surface area contributed by atoms with E-state index in [0.717, 1.165) is 11.4 Å². The molecule has 1 aromatic heterocycles. The topological polar surface area (TPSA) is 8.17 Å². The molecule has 0 aliphatic carbocycles. The minimum atomic E-state index is 1.16. The molecule has 0 fully saturated rings. The van der Waals surface area contributed by atoms with Crippen LogP contribution in [0.5, 0.6) is 0 Å². The number of anilines is 3. The third kappa shape index (κ3) is 2.66. The molecule has 0 amide bonds. The summed E-state index contributed by atoms with van der Waals surface area (Å²) in [4.78, 5) is 2.31. The Hall–Kier alpha value is -3.52. The van der Waals surface area contributed by atoms with Crippen LogP contribution in [-0.4, -0.2) is 4.57 Å². The molecule has 0 aliphatic heterocycles. The number of rotatable bonds is 3. The number of hydrogen-bond acceptors (Lipinski definition) is 1. The van der Waals surface area contributed by atoms with Gasteiger partial charge in [0.1, 0.15) is 0 Å². The van der Waals surface area contributed by atoms with Gasteiger partial charge in [0, 0.05) is 45.9 Å². The van der Waals surface area contributed by atoms with Crippen LogP contribution in [0.1, 0.15) is 5.56 Å². The van der Waals surface area contributed by atoms with E-state index in [1.54, 1.807) is 0 Å². The van der Waals surface area contributed by atoms with Gasteiger partial charge in [0.05, 0.1) is 0 Å². The van der Waals surface area contributed by atoms with Crippen molar-refractivity contribution >= 4 is 38.9 Å². The highest BCUT2D eigenvalue weighted by Crippen LogP contribution is 2.38. The first-order valence-corrected chi connectivity index (χ1v) is 9.61. The smallest absolute Gasteiger partial charge is 0.0490 e. The summed E-state index contributed by atoms with van der Waals surface area (Å²) in [6.07, 6.45) is 0. The van der Waals surface area contributed by atoms with Crippen molar-refractivity contribution in [1.29, 1.82) is 0 Å². The molecule has 0 N–H and O–H groups in total. The van der Waals surface area contributed by atoms with Crippen LogP contribution in [0.3, 0.4) is 0 Å². The molecular formula is C26H22N2. The number of fused-ring (bicyclic) bond motifs is 3. The maximum absolute atomic E-state index is 2.32. The van der Waals surface area contributed by atoms with Gasteiger partial charge < -0.3 is 9.47 Å². The number of aryl methyl sites for hydroxylation is 2.